The lowest BCUT2D eigenvalue weighted by molar-refractivity contribution is 0.0784. The first-order valence-corrected chi connectivity index (χ1v) is 7.48. The van der Waals surface area contributed by atoms with E-state index in [0.29, 0.717) is 12.1 Å². The lowest BCUT2D eigenvalue weighted by Crippen LogP contribution is -2.26. The molecule has 0 atom stereocenters. The Bertz CT molecular complexity index is 682. The van der Waals surface area contributed by atoms with E-state index in [0.717, 1.165) is 21.2 Å². The van der Waals surface area contributed by atoms with Crippen LogP contribution >= 0.6 is 15.9 Å². The number of phenols is 1. The van der Waals surface area contributed by atoms with Crippen LogP contribution in [-0.2, 0) is 6.54 Å². The van der Waals surface area contributed by atoms with E-state index in [-0.39, 0.29) is 11.7 Å². The molecule has 0 aliphatic carbocycles. The van der Waals surface area contributed by atoms with E-state index in [9.17, 15) is 9.90 Å². The first-order valence-electron chi connectivity index (χ1n) is 6.68. The molecule has 0 aliphatic heterocycles. The number of halogens is 1. The highest BCUT2D eigenvalue weighted by molar-refractivity contribution is 9.10. The van der Waals surface area contributed by atoms with Crippen molar-refractivity contribution in [3.8, 4) is 5.75 Å². The normalized spacial score (nSPS) is 10.5. The van der Waals surface area contributed by atoms with Crippen LogP contribution in [0.1, 0.15) is 27.0 Å². The molecule has 0 unspecified atom stereocenters. The summed E-state index contributed by atoms with van der Waals surface area (Å²) in [5, 5.41) is 9.48. The van der Waals surface area contributed by atoms with Crippen molar-refractivity contribution in [2.45, 2.75) is 20.4 Å². The van der Waals surface area contributed by atoms with Crippen molar-refractivity contribution in [2.24, 2.45) is 0 Å². The van der Waals surface area contributed by atoms with Gasteiger partial charge in [-0.2, -0.15) is 0 Å². The van der Waals surface area contributed by atoms with E-state index in [1.54, 1.807) is 30.1 Å². The Hall–Kier alpha value is -1.81. The third-order valence-electron chi connectivity index (χ3n) is 3.41. The summed E-state index contributed by atoms with van der Waals surface area (Å²) in [5.74, 6) is 0.180. The Balaban J connectivity index is 2.22. The van der Waals surface area contributed by atoms with Crippen LogP contribution in [0.2, 0.25) is 0 Å². The van der Waals surface area contributed by atoms with Gasteiger partial charge < -0.3 is 10.0 Å². The standard InChI is InChI=1S/C17H18BrNO2/c1-11-7-12(2)16(18)9-15(11)17(21)19(3)10-13-5-4-6-14(20)8-13/h4-9,20H,10H2,1-3H3. The van der Waals surface area contributed by atoms with Crippen molar-refractivity contribution >= 4 is 21.8 Å². The van der Waals surface area contributed by atoms with Crippen molar-refractivity contribution in [3.63, 3.8) is 0 Å². The number of carbonyl (C=O) groups is 1. The number of phenolic OH excluding ortho intramolecular Hbond substituents is 1. The third-order valence-corrected chi connectivity index (χ3v) is 4.27. The molecule has 1 amide bonds. The minimum absolute atomic E-state index is 0.0310. The number of rotatable bonds is 3. The summed E-state index contributed by atoms with van der Waals surface area (Å²) >= 11 is 3.47. The zero-order valence-corrected chi connectivity index (χ0v) is 13.9. The lowest BCUT2D eigenvalue weighted by atomic mass is 10.0. The fourth-order valence-electron chi connectivity index (χ4n) is 2.26. The van der Waals surface area contributed by atoms with E-state index in [2.05, 4.69) is 15.9 Å². The summed E-state index contributed by atoms with van der Waals surface area (Å²) in [5.41, 5.74) is 3.66. The van der Waals surface area contributed by atoms with Gasteiger partial charge in [0.1, 0.15) is 5.75 Å². The number of carbonyl (C=O) groups excluding carboxylic acids is 1. The molecule has 110 valence electrons. The molecule has 2 rings (SSSR count). The summed E-state index contributed by atoms with van der Waals surface area (Å²) in [4.78, 5) is 14.2. The molecule has 0 saturated heterocycles. The van der Waals surface area contributed by atoms with Crippen LogP contribution in [0.15, 0.2) is 40.9 Å². The summed E-state index contributed by atoms with van der Waals surface area (Å²) in [6.45, 7) is 4.40. The number of nitrogens with zero attached hydrogens (tertiary/aromatic N) is 1. The van der Waals surface area contributed by atoms with Crippen molar-refractivity contribution in [1.82, 2.24) is 4.90 Å². The van der Waals surface area contributed by atoms with Gasteiger partial charge in [0.15, 0.2) is 0 Å². The van der Waals surface area contributed by atoms with Crippen LogP contribution in [0.3, 0.4) is 0 Å². The quantitative estimate of drug-likeness (QED) is 0.909. The number of hydrogen-bond donors (Lipinski definition) is 1. The lowest BCUT2D eigenvalue weighted by Gasteiger charge is -2.19. The molecule has 0 radical (unpaired) electrons. The molecule has 0 bridgehead atoms. The first-order chi connectivity index (χ1) is 9.88. The maximum atomic E-state index is 12.6. The molecule has 0 spiro atoms. The summed E-state index contributed by atoms with van der Waals surface area (Å²) in [6, 6.07) is 10.8. The highest BCUT2D eigenvalue weighted by atomic mass is 79.9. The molecular weight excluding hydrogens is 330 g/mol. The number of amides is 1. The Morgan fingerprint density at radius 3 is 2.57 bits per heavy atom. The average Bonchev–Trinajstić information content (AvgIpc) is 2.42. The molecule has 0 aliphatic rings. The zero-order valence-electron chi connectivity index (χ0n) is 12.4. The molecule has 2 aromatic rings. The predicted octanol–water partition coefficient (Wildman–Crippen LogP) is 4.04. The van der Waals surface area contributed by atoms with Crippen LogP contribution in [0.5, 0.6) is 5.75 Å². The molecule has 21 heavy (non-hydrogen) atoms. The molecule has 0 heterocycles. The van der Waals surface area contributed by atoms with Crippen LogP contribution < -0.4 is 0 Å². The Morgan fingerprint density at radius 1 is 1.19 bits per heavy atom. The van der Waals surface area contributed by atoms with Gasteiger partial charge in [-0.3, -0.25) is 4.79 Å². The molecule has 3 nitrogen and oxygen atoms in total. The second kappa shape index (κ2) is 6.31. The van der Waals surface area contributed by atoms with E-state index in [1.807, 2.05) is 32.0 Å². The van der Waals surface area contributed by atoms with Crippen molar-refractivity contribution in [2.75, 3.05) is 7.05 Å². The second-order valence-corrected chi connectivity index (χ2v) is 6.10. The maximum absolute atomic E-state index is 12.6. The van der Waals surface area contributed by atoms with Crippen LogP contribution in [0, 0.1) is 13.8 Å². The smallest absolute Gasteiger partial charge is 0.254 e. The topological polar surface area (TPSA) is 40.5 Å². The van der Waals surface area contributed by atoms with E-state index in [4.69, 9.17) is 0 Å². The number of aromatic hydroxyl groups is 1. The summed E-state index contributed by atoms with van der Waals surface area (Å²) in [7, 11) is 1.76. The van der Waals surface area contributed by atoms with Crippen LogP contribution in [0.25, 0.3) is 0 Å². The Morgan fingerprint density at radius 2 is 1.90 bits per heavy atom. The number of aryl methyl sites for hydroxylation is 2. The highest BCUT2D eigenvalue weighted by Gasteiger charge is 2.16. The average molecular weight is 348 g/mol. The fourth-order valence-corrected chi connectivity index (χ4v) is 2.61. The van der Waals surface area contributed by atoms with Gasteiger partial charge in [-0.15, -0.1) is 0 Å². The SMILES string of the molecule is Cc1cc(C)c(C(=O)N(C)Cc2cccc(O)c2)cc1Br. The maximum Gasteiger partial charge on any atom is 0.254 e. The Kier molecular flexibility index (Phi) is 4.68. The first kappa shape index (κ1) is 15.6. The largest absolute Gasteiger partial charge is 0.508 e. The molecule has 0 fully saturated rings. The minimum atomic E-state index is -0.0310. The minimum Gasteiger partial charge on any atom is -0.508 e. The summed E-state index contributed by atoms with van der Waals surface area (Å²) < 4.78 is 0.933. The van der Waals surface area contributed by atoms with Gasteiger partial charge in [-0.05, 0) is 48.7 Å². The fraction of sp³-hybridized carbons (Fsp3) is 0.235. The van der Waals surface area contributed by atoms with Gasteiger partial charge in [0.25, 0.3) is 5.91 Å². The van der Waals surface area contributed by atoms with E-state index in [1.165, 1.54) is 0 Å². The molecule has 4 heteroatoms. The van der Waals surface area contributed by atoms with Gasteiger partial charge in [0.2, 0.25) is 0 Å². The predicted molar refractivity (Wildman–Crippen MR) is 87.5 cm³/mol. The van der Waals surface area contributed by atoms with Crippen molar-refractivity contribution in [3.05, 3.63) is 63.1 Å². The van der Waals surface area contributed by atoms with E-state index >= 15 is 0 Å². The molecule has 1 N–H and O–H groups in total. The molecule has 2 aromatic carbocycles. The van der Waals surface area contributed by atoms with Gasteiger partial charge >= 0.3 is 0 Å². The number of benzene rings is 2. The summed E-state index contributed by atoms with van der Waals surface area (Å²) in [6.07, 6.45) is 0. The second-order valence-electron chi connectivity index (χ2n) is 5.25. The van der Waals surface area contributed by atoms with Crippen LogP contribution in [0.4, 0.5) is 0 Å². The van der Waals surface area contributed by atoms with Crippen LogP contribution in [-0.4, -0.2) is 23.0 Å². The molecule has 0 aromatic heterocycles. The van der Waals surface area contributed by atoms with E-state index < -0.39 is 0 Å². The van der Waals surface area contributed by atoms with Gasteiger partial charge in [-0.25, -0.2) is 0 Å². The zero-order chi connectivity index (χ0) is 15.6. The molecule has 0 saturated carbocycles. The highest BCUT2D eigenvalue weighted by Crippen LogP contribution is 2.22. The Labute approximate surface area is 133 Å². The molecular formula is C17H18BrNO2. The monoisotopic (exact) mass is 347 g/mol. The van der Waals surface area contributed by atoms with Gasteiger partial charge in [-0.1, -0.05) is 34.1 Å². The number of hydrogen-bond acceptors (Lipinski definition) is 2. The third kappa shape index (κ3) is 3.64. The van der Waals surface area contributed by atoms with Crippen molar-refractivity contribution < 1.29 is 9.90 Å². The van der Waals surface area contributed by atoms with Gasteiger partial charge in [0.05, 0.1) is 0 Å². The van der Waals surface area contributed by atoms with Gasteiger partial charge in [0, 0.05) is 23.6 Å². The van der Waals surface area contributed by atoms with Crippen molar-refractivity contribution in [1.29, 1.82) is 0 Å².